The van der Waals surface area contributed by atoms with Crippen molar-refractivity contribution in [2.75, 3.05) is 18.4 Å². The molecule has 0 aromatic heterocycles. The van der Waals surface area contributed by atoms with E-state index in [4.69, 9.17) is 0 Å². The molecule has 0 atom stereocenters. The molecule has 0 radical (unpaired) electrons. The number of fused-ring (bicyclic) bond motifs is 1. The van der Waals surface area contributed by atoms with Crippen LogP contribution in [-0.4, -0.2) is 43.5 Å². The maximum Gasteiger partial charge on any atom is 0.244 e. The Morgan fingerprint density at radius 2 is 1.62 bits per heavy atom. The van der Waals surface area contributed by atoms with Gasteiger partial charge in [-0.25, -0.2) is 8.42 Å². The minimum Gasteiger partial charge on any atom is -0.326 e. The molecule has 0 saturated carbocycles. The number of carbonyl (C=O) groups excluding carboxylic acids is 3. The van der Waals surface area contributed by atoms with Crippen LogP contribution in [-0.2, 0) is 30.8 Å². The van der Waals surface area contributed by atoms with Crippen molar-refractivity contribution in [1.29, 1.82) is 0 Å². The number of carbonyl (C=O) groups is 3. The Kier molecular flexibility index (Phi) is 3.03. The third kappa shape index (κ3) is 2.41. The van der Waals surface area contributed by atoms with Gasteiger partial charge in [-0.1, -0.05) is 0 Å². The Bertz CT molecular complexity index is 755. The second-order valence-corrected chi connectivity index (χ2v) is 6.73. The molecule has 1 aromatic rings. The standard InChI is InChI=1S/C12H11N3O5S/c16-10-4-7-3-8(1-2-9(7)13-10)21(19,20)15-5-11(17)14-12(18)6-15/h1-3H,4-6H2,(H,13,16)(H,14,17,18). The molecule has 2 aliphatic heterocycles. The molecule has 2 aliphatic rings. The van der Waals surface area contributed by atoms with E-state index in [-0.39, 0.29) is 17.2 Å². The molecule has 2 N–H and O–H groups in total. The number of benzene rings is 1. The third-order valence-electron chi connectivity index (χ3n) is 3.26. The first kappa shape index (κ1) is 13.7. The fraction of sp³-hybridized carbons (Fsp3) is 0.250. The van der Waals surface area contributed by atoms with Crippen LogP contribution < -0.4 is 10.6 Å². The SMILES string of the molecule is O=C1CN(S(=O)(=O)c2ccc3c(c2)CC(=O)N3)CC(=O)N1. The summed E-state index contributed by atoms with van der Waals surface area (Å²) in [6, 6.07) is 4.23. The number of piperazine rings is 1. The lowest BCUT2D eigenvalue weighted by molar-refractivity contribution is -0.134. The fourth-order valence-electron chi connectivity index (χ4n) is 2.30. The van der Waals surface area contributed by atoms with E-state index in [1.54, 1.807) is 0 Å². The third-order valence-corrected chi connectivity index (χ3v) is 5.05. The topological polar surface area (TPSA) is 113 Å². The number of nitrogens with zero attached hydrogens (tertiary/aromatic N) is 1. The highest BCUT2D eigenvalue weighted by Gasteiger charge is 2.33. The second-order valence-electron chi connectivity index (χ2n) is 4.79. The number of imide groups is 1. The van der Waals surface area contributed by atoms with Crippen molar-refractivity contribution < 1.29 is 22.8 Å². The van der Waals surface area contributed by atoms with E-state index in [1.165, 1.54) is 18.2 Å². The lowest BCUT2D eigenvalue weighted by Crippen LogP contribution is -2.53. The molecule has 8 nitrogen and oxygen atoms in total. The molecule has 1 aromatic carbocycles. The van der Waals surface area contributed by atoms with Crippen LogP contribution in [0.4, 0.5) is 5.69 Å². The number of hydrogen-bond donors (Lipinski definition) is 2. The van der Waals surface area contributed by atoms with E-state index < -0.39 is 34.9 Å². The first-order chi connectivity index (χ1) is 9.86. The van der Waals surface area contributed by atoms with Crippen LogP contribution in [0.5, 0.6) is 0 Å². The molecule has 0 unspecified atom stereocenters. The van der Waals surface area contributed by atoms with Gasteiger partial charge in [0.2, 0.25) is 27.7 Å². The van der Waals surface area contributed by atoms with Crippen molar-refractivity contribution in [1.82, 2.24) is 9.62 Å². The van der Waals surface area contributed by atoms with Gasteiger partial charge in [0.15, 0.2) is 0 Å². The average Bonchev–Trinajstić information content (AvgIpc) is 2.76. The summed E-state index contributed by atoms with van der Waals surface area (Å²) >= 11 is 0. The number of hydrogen-bond acceptors (Lipinski definition) is 5. The van der Waals surface area contributed by atoms with E-state index in [0.29, 0.717) is 11.3 Å². The Labute approximate surface area is 120 Å². The van der Waals surface area contributed by atoms with Gasteiger partial charge in [-0.05, 0) is 23.8 Å². The molecule has 2 heterocycles. The molecular formula is C12H11N3O5S. The zero-order valence-electron chi connectivity index (χ0n) is 10.8. The maximum absolute atomic E-state index is 12.4. The summed E-state index contributed by atoms with van der Waals surface area (Å²) in [5, 5.41) is 4.65. The Morgan fingerprint density at radius 1 is 0.952 bits per heavy atom. The number of nitrogens with one attached hydrogen (secondary N) is 2. The van der Waals surface area contributed by atoms with Crippen LogP contribution in [0.15, 0.2) is 23.1 Å². The maximum atomic E-state index is 12.4. The van der Waals surface area contributed by atoms with Crippen LogP contribution >= 0.6 is 0 Å². The molecule has 3 amide bonds. The van der Waals surface area contributed by atoms with Gasteiger partial charge in [-0.15, -0.1) is 0 Å². The van der Waals surface area contributed by atoms with Gasteiger partial charge < -0.3 is 5.32 Å². The van der Waals surface area contributed by atoms with E-state index >= 15 is 0 Å². The normalized spacial score (nSPS) is 19.1. The van der Waals surface area contributed by atoms with Crippen molar-refractivity contribution >= 4 is 33.4 Å². The zero-order chi connectivity index (χ0) is 15.2. The highest BCUT2D eigenvalue weighted by molar-refractivity contribution is 7.89. The Balaban J connectivity index is 1.96. The first-order valence-corrected chi connectivity index (χ1v) is 7.56. The smallest absolute Gasteiger partial charge is 0.244 e. The molecular weight excluding hydrogens is 298 g/mol. The van der Waals surface area contributed by atoms with E-state index in [9.17, 15) is 22.8 Å². The second kappa shape index (κ2) is 4.64. The molecule has 0 bridgehead atoms. The van der Waals surface area contributed by atoms with E-state index in [2.05, 4.69) is 5.32 Å². The van der Waals surface area contributed by atoms with Gasteiger partial charge in [0, 0.05) is 5.69 Å². The molecule has 21 heavy (non-hydrogen) atoms. The Morgan fingerprint density at radius 3 is 2.29 bits per heavy atom. The fourth-order valence-corrected chi connectivity index (χ4v) is 3.70. The van der Waals surface area contributed by atoms with Gasteiger partial charge in [-0.2, -0.15) is 4.31 Å². The van der Waals surface area contributed by atoms with Gasteiger partial charge in [0.1, 0.15) is 0 Å². The van der Waals surface area contributed by atoms with Crippen LogP contribution in [0.3, 0.4) is 0 Å². The monoisotopic (exact) mass is 309 g/mol. The predicted molar refractivity (Wildman–Crippen MR) is 70.7 cm³/mol. The Hall–Kier alpha value is -2.26. The van der Waals surface area contributed by atoms with Crippen molar-refractivity contribution in [3.05, 3.63) is 23.8 Å². The lowest BCUT2D eigenvalue weighted by Gasteiger charge is -2.24. The van der Waals surface area contributed by atoms with E-state index in [0.717, 1.165) is 4.31 Å². The molecule has 110 valence electrons. The summed E-state index contributed by atoms with van der Waals surface area (Å²) in [5.41, 5.74) is 1.15. The molecule has 3 rings (SSSR count). The number of rotatable bonds is 2. The zero-order valence-corrected chi connectivity index (χ0v) is 11.6. The van der Waals surface area contributed by atoms with Crippen molar-refractivity contribution in [3.8, 4) is 0 Å². The number of anilines is 1. The van der Waals surface area contributed by atoms with Gasteiger partial charge in [0.25, 0.3) is 0 Å². The summed E-state index contributed by atoms with van der Waals surface area (Å²) in [7, 11) is -3.95. The summed E-state index contributed by atoms with van der Waals surface area (Å²) in [4.78, 5) is 33.8. The minimum absolute atomic E-state index is 0.0414. The first-order valence-electron chi connectivity index (χ1n) is 6.12. The van der Waals surface area contributed by atoms with Crippen LogP contribution in [0.2, 0.25) is 0 Å². The lowest BCUT2D eigenvalue weighted by atomic mass is 10.2. The number of amides is 3. The molecule has 0 spiro atoms. The summed E-state index contributed by atoms with van der Waals surface area (Å²) in [5.74, 6) is -1.52. The average molecular weight is 309 g/mol. The van der Waals surface area contributed by atoms with Crippen molar-refractivity contribution in [3.63, 3.8) is 0 Å². The summed E-state index contributed by atoms with van der Waals surface area (Å²) < 4.78 is 25.7. The molecule has 9 heteroatoms. The minimum atomic E-state index is -3.95. The van der Waals surface area contributed by atoms with Gasteiger partial charge in [-0.3, -0.25) is 19.7 Å². The molecule has 1 fully saturated rings. The van der Waals surface area contributed by atoms with Gasteiger partial charge >= 0.3 is 0 Å². The number of sulfonamides is 1. The highest BCUT2D eigenvalue weighted by atomic mass is 32.2. The summed E-state index contributed by atoms with van der Waals surface area (Å²) in [6.45, 7) is -0.801. The quantitative estimate of drug-likeness (QED) is 0.668. The van der Waals surface area contributed by atoms with Crippen molar-refractivity contribution in [2.45, 2.75) is 11.3 Å². The van der Waals surface area contributed by atoms with Crippen LogP contribution in [0, 0.1) is 0 Å². The van der Waals surface area contributed by atoms with Crippen LogP contribution in [0.25, 0.3) is 0 Å². The van der Waals surface area contributed by atoms with Crippen LogP contribution in [0.1, 0.15) is 5.56 Å². The predicted octanol–water partition coefficient (Wildman–Crippen LogP) is -1.17. The molecule has 0 aliphatic carbocycles. The summed E-state index contributed by atoms with van der Waals surface area (Å²) in [6.07, 6.45) is 0.109. The van der Waals surface area contributed by atoms with Crippen molar-refractivity contribution in [2.24, 2.45) is 0 Å². The van der Waals surface area contributed by atoms with Gasteiger partial charge in [0.05, 0.1) is 24.4 Å². The molecule has 1 saturated heterocycles. The van der Waals surface area contributed by atoms with E-state index in [1.807, 2.05) is 5.32 Å². The highest BCUT2D eigenvalue weighted by Crippen LogP contribution is 2.27. The largest absolute Gasteiger partial charge is 0.326 e.